The van der Waals surface area contributed by atoms with Crippen LogP contribution in [0.15, 0.2) is 72.9 Å². The van der Waals surface area contributed by atoms with Crippen molar-refractivity contribution in [2.24, 2.45) is 0 Å². The second-order valence-electron chi connectivity index (χ2n) is 25.4. The van der Waals surface area contributed by atoms with Gasteiger partial charge < -0.3 is 28.5 Å². The third kappa shape index (κ3) is 63.9. The molecule has 0 aromatic heterocycles. The van der Waals surface area contributed by atoms with E-state index in [2.05, 4.69) is 86.8 Å². The molecule has 0 radical (unpaired) electrons. The number of hydrogen-bond donors (Lipinski definition) is 1. The zero-order valence-electron chi connectivity index (χ0n) is 56.1. The first kappa shape index (κ1) is 81.5. The third-order valence-corrected chi connectivity index (χ3v) is 16.8. The number of phosphoric ester groups is 1. The van der Waals surface area contributed by atoms with Gasteiger partial charge in [-0.25, -0.2) is 0 Å². The van der Waals surface area contributed by atoms with Crippen LogP contribution in [0, 0.1) is 0 Å². The molecule has 1 N–H and O–H groups in total. The predicted octanol–water partition coefficient (Wildman–Crippen LogP) is 22.1. The van der Waals surface area contributed by atoms with E-state index < -0.39 is 26.6 Å². The molecule has 0 saturated heterocycles. The molecule has 490 valence electrons. The lowest BCUT2D eigenvalue weighted by Crippen LogP contribution is -2.47. The van der Waals surface area contributed by atoms with E-state index in [1.807, 2.05) is 33.3 Å². The summed E-state index contributed by atoms with van der Waals surface area (Å²) in [6, 6.07) is -0.893. The van der Waals surface area contributed by atoms with Crippen molar-refractivity contribution in [3.05, 3.63) is 72.9 Å². The molecule has 0 aliphatic carbocycles. The van der Waals surface area contributed by atoms with Gasteiger partial charge in [-0.2, -0.15) is 0 Å². The quantitative estimate of drug-likeness (QED) is 0.0212. The van der Waals surface area contributed by atoms with Gasteiger partial charge in [-0.1, -0.05) is 293 Å². The lowest BCUT2D eigenvalue weighted by atomic mass is 10.0. The molecule has 0 aromatic carbocycles. The predicted molar refractivity (Wildman–Crippen MR) is 362 cm³/mol. The first-order chi connectivity index (χ1) is 40.9. The fourth-order valence-corrected chi connectivity index (χ4v) is 11.0. The molecule has 0 fully saturated rings. The van der Waals surface area contributed by atoms with Crippen LogP contribution in [-0.2, 0) is 27.9 Å². The lowest BCUT2D eigenvalue weighted by molar-refractivity contribution is -0.870. The molecule has 0 bridgehead atoms. The normalized spacial score (nSPS) is 13.9. The maximum atomic E-state index is 13.6. The Balaban J connectivity index is 5.05. The fraction of sp³-hybridized carbons (Fsp3) is 0.811. The number of amides is 1. The molecule has 1 amide bonds. The largest absolute Gasteiger partial charge is 0.756 e. The van der Waals surface area contributed by atoms with Crippen molar-refractivity contribution in [1.82, 2.24) is 5.32 Å². The SMILES string of the molecule is CCCCC/C=C\C/C=C\C/C=C\C/C=C\CCCCCCCCCCCCCC(=O)NC(COP(=O)([O-])OCC[N+](C)(C)C)C(/C=C\CCCCCCCCCCCC)OC(=O)CCCCCCCCCCC/C=C/CCCCCCCC. The van der Waals surface area contributed by atoms with E-state index in [1.54, 1.807) is 0 Å². The Morgan fingerprint density at radius 1 is 0.417 bits per heavy atom. The van der Waals surface area contributed by atoms with E-state index in [9.17, 15) is 19.0 Å². The standard InChI is InChI=1S/C74H137N2O7P/c1-7-10-13-16-19-22-25-28-30-32-34-35-36-37-38-39-40-41-43-44-46-48-51-54-57-60-63-66-73(77)75-71(70-82-84(79,80)81-69-68-76(4,5)6)72(65-62-59-56-53-50-27-24-21-18-15-12-9-3)83-74(78)67-64-61-58-55-52-49-47-45-42-33-31-29-26-23-20-17-14-11-8-2/h19,22,28-31,34-35,37-38,62,65,71-72H,7-18,20-21,23-27,32-33,36,39-61,63-64,66-70H2,1-6H3,(H-,75,77,79,80)/b22-19-,30-28-,31-29+,35-34-,38-37-,65-62-. The molecule has 9 nitrogen and oxygen atoms in total. The molecule has 10 heteroatoms. The number of phosphoric acid groups is 1. The fourth-order valence-electron chi connectivity index (χ4n) is 10.3. The number of quaternary nitrogens is 1. The van der Waals surface area contributed by atoms with Crippen molar-refractivity contribution >= 4 is 19.7 Å². The number of allylic oxidation sites excluding steroid dienone is 11. The van der Waals surface area contributed by atoms with Crippen LogP contribution in [0.4, 0.5) is 0 Å². The van der Waals surface area contributed by atoms with Crippen LogP contribution in [0.25, 0.3) is 0 Å². The van der Waals surface area contributed by atoms with Gasteiger partial charge in [0.25, 0.3) is 7.82 Å². The maximum Gasteiger partial charge on any atom is 0.306 e. The number of nitrogens with zero attached hydrogens (tertiary/aromatic N) is 1. The summed E-state index contributed by atoms with van der Waals surface area (Å²) in [5, 5.41) is 3.04. The zero-order chi connectivity index (χ0) is 61.4. The Kier molecular flexibility index (Phi) is 61.5. The number of unbranched alkanes of at least 4 members (excludes halogenated alkanes) is 39. The molecule has 0 heterocycles. The molecule has 3 unspecified atom stereocenters. The molecule has 0 aromatic rings. The molecule has 3 atom stereocenters. The van der Waals surface area contributed by atoms with E-state index in [0.29, 0.717) is 17.4 Å². The van der Waals surface area contributed by atoms with E-state index in [4.69, 9.17) is 13.8 Å². The number of carbonyl (C=O) groups excluding carboxylic acids is 2. The van der Waals surface area contributed by atoms with Crippen molar-refractivity contribution in [3.8, 4) is 0 Å². The highest BCUT2D eigenvalue weighted by Gasteiger charge is 2.27. The average Bonchev–Trinajstić information content (AvgIpc) is 3.64. The van der Waals surface area contributed by atoms with Gasteiger partial charge in [0.05, 0.1) is 33.8 Å². The van der Waals surface area contributed by atoms with Gasteiger partial charge in [0, 0.05) is 12.8 Å². The Morgan fingerprint density at radius 3 is 1.12 bits per heavy atom. The van der Waals surface area contributed by atoms with Crippen molar-refractivity contribution in [2.45, 2.75) is 348 Å². The molecular weight excluding hydrogens is 1060 g/mol. The van der Waals surface area contributed by atoms with Gasteiger partial charge in [0.15, 0.2) is 0 Å². The molecule has 0 saturated carbocycles. The Labute approximate surface area is 521 Å². The number of carbonyl (C=O) groups is 2. The summed E-state index contributed by atoms with van der Waals surface area (Å²) in [5.41, 5.74) is 0. The molecule has 0 aliphatic rings. The van der Waals surface area contributed by atoms with Crippen LogP contribution in [0.2, 0.25) is 0 Å². The topological polar surface area (TPSA) is 114 Å². The molecule has 0 spiro atoms. The van der Waals surface area contributed by atoms with Crippen LogP contribution < -0.4 is 10.2 Å². The van der Waals surface area contributed by atoms with Crippen molar-refractivity contribution in [1.29, 1.82) is 0 Å². The molecule has 84 heavy (non-hydrogen) atoms. The van der Waals surface area contributed by atoms with Crippen molar-refractivity contribution in [2.75, 3.05) is 40.9 Å². The van der Waals surface area contributed by atoms with Gasteiger partial charge in [0.2, 0.25) is 5.91 Å². The van der Waals surface area contributed by atoms with Crippen LogP contribution in [0.1, 0.15) is 335 Å². The molecular formula is C74H137N2O7P. The van der Waals surface area contributed by atoms with Gasteiger partial charge in [0.1, 0.15) is 19.3 Å². The Morgan fingerprint density at radius 2 is 0.726 bits per heavy atom. The molecule has 0 aliphatic heterocycles. The number of esters is 1. The minimum atomic E-state index is -4.71. The van der Waals surface area contributed by atoms with Crippen LogP contribution >= 0.6 is 7.82 Å². The number of ether oxygens (including phenoxy) is 1. The first-order valence-electron chi connectivity index (χ1n) is 35.7. The number of rotatable bonds is 65. The average molecular weight is 1200 g/mol. The van der Waals surface area contributed by atoms with Crippen molar-refractivity contribution in [3.63, 3.8) is 0 Å². The summed E-state index contributed by atoms with van der Waals surface area (Å²) in [5.74, 6) is -0.538. The number of hydrogen-bond acceptors (Lipinski definition) is 7. The minimum Gasteiger partial charge on any atom is -0.756 e. The van der Waals surface area contributed by atoms with E-state index in [1.165, 1.54) is 218 Å². The Hall–Kier alpha value is -2.55. The maximum absolute atomic E-state index is 13.6. The minimum absolute atomic E-state index is 0.0242. The second kappa shape index (κ2) is 63.5. The van der Waals surface area contributed by atoms with Crippen LogP contribution in [0.5, 0.6) is 0 Å². The highest BCUT2D eigenvalue weighted by Crippen LogP contribution is 2.38. The Bertz CT molecular complexity index is 1670. The summed E-state index contributed by atoms with van der Waals surface area (Å²) in [6.45, 7) is 6.84. The van der Waals surface area contributed by atoms with Gasteiger partial charge in [-0.3, -0.25) is 14.2 Å². The summed E-state index contributed by atoms with van der Waals surface area (Å²) in [7, 11) is 1.19. The highest BCUT2D eigenvalue weighted by atomic mass is 31.2. The van der Waals surface area contributed by atoms with Gasteiger partial charge in [-0.05, 0) is 102 Å². The number of likely N-dealkylation sites (N-methyl/N-ethyl adjacent to an activating group) is 1. The molecule has 0 rings (SSSR count). The lowest BCUT2D eigenvalue weighted by Gasteiger charge is -2.30. The first-order valence-corrected chi connectivity index (χ1v) is 37.2. The monoisotopic (exact) mass is 1200 g/mol. The van der Waals surface area contributed by atoms with Crippen LogP contribution in [-0.4, -0.2) is 69.4 Å². The second-order valence-corrected chi connectivity index (χ2v) is 26.8. The van der Waals surface area contributed by atoms with Crippen LogP contribution in [0.3, 0.4) is 0 Å². The summed E-state index contributed by atoms with van der Waals surface area (Å²) in [4.78, 5) is 40.2. The van der Waals surface area contributed by atoms with E-state index >= 15 is 0 Å². The third-order valence-electron chi connectivity index (χ3n) is 15.9. The smallest absolute Gasteiger partial charge is 0.306 e. The summed E-state index contributed by atoms with van der Waals surface area (Å²) < 4.78 is 30.4. The highest BCUT2D eigenvalue weighted by molar-refractivity contribution is 7.45. The summed E-state index contributed by atoms with van der Waals surface area (Å²) >= 11 is 0. The van der Waals surface area contributed by atoms with Gasteiger partial charge >= 0.3 is 5.97 Å². The number of nitrogens with one attached hydrogen (secondary N) is 1. The van der Waals surface area contributed by atoms with Gasteiger partial charge in [-0.15, -0.1) is 0 Å². The van der Waals surface area contributed by atoms with E-state index in [0.717, 1.165) is 83.5 Å². The van der Waals surface area contributed by atoms with Crippen molar-refractivity contribution < 1.29 is 37.3 Å². The van der Waals surface area contributed by atoms with E-state index in [-0.39, 0.29) is 24.9 Å². The summed E-state index contributed by atoms with van der Waals surface area (Å²) in [6.07, 6.45) is 83.0. The zero-order valence-corrected chi connectivity index (χ0v) is 57.0.